The van der Waals surface area contributed by atoms with Crippen molar-refractivity contribution in [1.29, 1.82) is 0 Å². The first-order chi connectivity index (χ1) is 10.7. The van der Waals surface area contributed by atoms with E-state index in [-0.39, 0.29) is 18.7 Å². The van der Waals surface area contributed by atoms with Crippen LogP contribution in [0.1, 0.15) is 33.9 Å². The summed E-state index contributed by atoms with van der Waals surface area (Å²) in [5.74, 6) is 0.996. The number of carbonyl (C=O) groups is 1. The Balaban J connectivity index is 1.58. The molecule has 2 aromatic carbocycles. The van der Waals surface area contributed by atoms with Crippen molar-refractivity contribution in [2.45, 2.75) is 18.9 Å². The van der Waals surface area contributed by atoms with Gasteiger partial charge in [0.2, 0.25) is 6.79 Å². The highest BCUT2D eigenvalue weighted by atomic mass is 35.5. The molecule has 1 heterocycles. The molecule has 0 saturated heterocycles. The number of rotatable bonds is 2. The van der Waals surface area contributed by atoms with E-state index in [9.17, 15) is 4.79 Å². The lowest BCUT2D eigenvalue weighted by Crippen LogP contribution is -2.27. The van der Waals surface area contributed by atoms with Gasteiger partial charge in [-0.05, 0) is 48.2 Å². The summed E-state index contributed by atoms with van der Waals surface area (Å²) in [5.41, 5.74) is 2.86. The Kier molecular flexibility index (Phi) is 3.19. The highest BCUT2D eigenvalue weighted by molar-refractivity contribution is 6.30. The number of carbonyl (C=O) groups excluding carboxylic acids is 1. The van der Waals surface area contributed by atoms with Crippen LogP contribution >= 0.6 is 11.6 Å². The average Bonchev–Trinajstić information content (AvgIpc) is 3.13. The largest absolute Gasteiger partial charge is 0.454 e. The summed E-state index contributed by atoms with van der Waals surface area (Å²) in [4.78, 5) is 12.6. The van der Waals surface area contributed by atoms with Crippen LogP contribution in [0.25, 0.3) is 0 Å². The van der Waals surface area contributed by atoms with Gasteiger partial charge in [-0.2, -0.15) is 0 Å². The van der Waals surface area contributed by atoms with Crippen molar-refractivity contribution in [3.05, 3.63) is 58.1 Å². The van der Waals surface area contributed by atoms with Gasteiger partial charge in [-0.1, -0.05) is 23.7 Å². The quantitative estimate of drug-likeness (QED) is 0.923. The molecule has 5 heteroatoms. The number of hydrogen-bond acceptors (Lipinski definition) is 3. The summed E-state index contributed by atoms with van der Waals surface area (Å²) in [7, 11) is 0. The number of amides is 1. The van der Waals surface area contributed by atoms with Gasteiger partial charge in [-0.25, -0.2) is 0 Å². The predicted molar refractivity (Wildman–Crippen MR) is 82.5 cm³/mol. The van der Waals surface area contributed by atoms with Crippen LogP contribution in [-0.4, -0.2) is 12.7 Å². The van der Waals surface area contributed by atoms with Gasteiger partial charge in [-0.3, -0.25) is 4.79 Å². The SMILES string of the molecule is O=C(NC1CCc2cc(Cl)ccc21)c1cccc2c1OCO2. The van der Waals surface area contributed by atoms with Crippen molar-refractivity contribution in [1.82, 2.24) is 5.32 Å². The number of ether oxygens (including phenoxy) is 2. The van der Waals surface area contributed by atoms with E-state index in [1.54, 1.807) is 18.2 Å². The van der Waals surface area contributed by atoms with E-state index in [0.29, 0.717) is 17.1 Å². The van der Waals surface area contributed by atoms with Crippen LogP contribution in [0.3, 0.4) is 0 Å². The minimum absolute atomic E-state index is 0.0120. The molecule has 4 rings (SSSR count). The van der Waals surface area contributed by atoms with E-state index in [2.05, 4.69) is 5.32 Å². The Hall–Kier alpha value is -2.20. The van der Waals surface area contributed by atoms with Gasteiger partial charge in [0.1, 0.15) is 0 Å². The molecule has 1 aliphatic carbocycles. The van der Waals surface area contributed by atoms with Crippen molar-refractivity contribution < 1.29 is 14.3 Å². The topological polar surface area (TPSA) is 47.6 Å². The molecule has 1 atom stereocenters. The van der Waals surface area contributed by atoms with Crippen LogP contribution in [-0.2, 0) is 6.42 Å². The zero-order valence-electron chi connectivity index (χ0n) is 11.8. The molecule has 1 aliphatic heterocycles. The monoisotopic (exact) mass is 315 g/mol. The second kappa shape index (κ2) is 5.21. The van der Waals surface area contributed by atoms with Crippen molar-refractivity contribution in [3.8, 4) is 11.5 Å². The molecule has 22 heavy (non-hydrogen) atoms. The van der Waals surface area contributed by atoms with Crippen LogP contribution in [0.5, 0.6) is 11.5 Å². The first kappa shape index (κ1) is 13.5. The van der Waals surface area contributed by atoms with Crippen LogP contribution in [0, 0.1) is 0 Å². The predicted octanol–water partition coefficient (Wildman–Crippen LogP) is 3.49. The van der Waals surface area contributed by atoms with Gasteiger partial charge < -0.3 is 14.8 Å². The molecule has 2 aliphatic rings. The average molecular weight is 316 g/mol. The van der Waals surface area contributed by atoms with Gasteiger partial charge in [0.25, 0.3) is 5.91 Å². The van der Waals surface area contributed by atoms with Crippen LogP contribution < -0.4 is 14.8 Å². The number of para-hydroxylation sites is 1. The molecule has 0 saturated carbocycles. The second-order valence-electron chi connectivity index (χ2n) is 5.45. The molecule has 1 unspecified atom stereocenters. The van der Waals surface area contributed by atoms with Crippen LogP contribution in [0.15, 0.2) is 36.4 Å². The van der Waals surface area contributed by atoms with E-state index in [0.717, 1.165) is 23.4 Å². The third kappa shape index (κ3) is 2.20. The van der Waals surface area contributed by atoms with E-state index in [1.807, 2.05) is 18.2 Å². The second-order valence-corrected chi connectivity index (χ2v) is 5.88. The standard InChI is InChI=1S/C17H14ClNO3/c18-11-5-6-12-10(8-11)4-7-14(12)19-17(20)13-2-1-3-15-16(13)22-9-21-15/h1-3,5-6,8,14H,4,7,9H2,(H,19,20). The van der Waals surface area contributed by atoms with E-state index >= 15 is 0 Å². The highest BCUT2D eigenvalue weighted by Gasteiger charge is 2.27. The Bertz CT molecular complexity index is 760. The van der Waals surface area contributed by atoms with Crippen LogP contribution in [0.4, 0.5) is 0 Å². The first-order valence-electron chi connectivity index (χ1n) is 7.20. The normalized spacial score (nSPS) is 18.1. The van der Waals surface area contributed by atoms with Crippen molar-refractivity contribution in [2.24, 2.45) is 0 Å². The molecule has 112 valence electrons. The van der Waals surface area contributed by atoms with Gasteiger partial charge in [0.15, 0.2) is 11.5 Å². The van der Waals surface area contributed by atoms with E-state index in [1.165, 1.54) is 5.56 Å². The van der Waals surface area contributed by atoms with E-state index in [4.69, 9.17) is 21.1 Å². The minimum atomic E-state index is -0.143. The summed E-state index contributed by atoms with van der Waals surface area (Å²) in [6, 6.07) is 11.2. The van der Waals surface area contributed by atoms with Gasteiger partial charge in [-0.15, -0.1) is 0 Å². The lowest BCUT2D eigenvalue weighted by atomic mass is 10.1. The molecule has 1 amide bonds. The van der Waals surface area contributed by atoms with Crippen molar-refractivity contribution in [3.63, 3.8) is 0 Å². The maximum Gasteiger partial charge on any atom is 0.255 e. The van der Waals surface area contributed by atoms with Crippen molar-refractivity contribution >= 4 is 17.5 Å². The molecule has 4 nitrogen and oxygen atoms in total. The number of halogens is 1. The Morgan fingerprint density at radius 3 is 3.05 bits per heavy atom. The summed E-state index contributed by atoms with van der Waals surface area (Å²) >= 11 is 6.02. The first-order valence-corrected chi connectivity index (χ1v) is 7.58. The van der Waals surface area contributed by atoms with Gasteiger partial charge in [0.05, 0.1) is 11.6 Å². The Labute approximate surface area is 133 Å². The highest BCUT2D eigenvalue weighted by Crippen LogP contribution is 2.37. The molecular formula is C17H14ClNO3. The molecular weight excluding hydrogens is 302 g/mol. The molecule has 0 spiro atoms. The van der Waals surface area contributed by atoms with Gasteiger partial charge >= 0.3 is 0 Å². The van der Waals surface area contributed by atoms with E-state index < -0.39 is 0 Å². The number of nitrogens with one attached hydrogen (secondary N) is 1. The molecule has 1 N–H and O–H groups in total. The third-order valence-electron chi connectivity index (χ3n) is 4.13. The lowest BCUT2D eigenvalue weighted by Gasteiger charge is -2.15. The zero-order chi connectivity index (χ0) is 15.1. The number of benzene rings is 2. The Morgan fingerprint density at radius 1 is 1.23 bits per heavy atom. The fourth-order valence-corrected chi connectivity index (χ4v) is 3.28. The maximum atomic E-state index is 12.6. The number of fused-ring (bicyclic) bond motifs is 2. The summed E-state index contributed by atoms with van der Waals surface area (Å²) < 4.78 is 10.7. The minimum Gasteiger partial charge on any atom is -0.454 e. The van der Waals surface area contributed by atoms with Crippen LogP contribution in [0.2, 0.25) is 5.02 Å². The molecule has 0 bridgehead atoms. The summed E-state index contributed by atoms with van der Waals surface area (Å²) in [5, 5.41) is 3.82. The zero-order valence-corrected chi connectivity index (χ0v) is 12.5. The summed E-state index contributed by atoms with van der Waals surface area (Å²) in [6.07, 6.45) is 1.81. The fourth-order valence-electron chi connectivity index (χ4n) is 3.08. The number of aryl methyl sites for hydroxylation is 1. The molecule has 2 aromatic rings. The van der Waals surface area contributed by atoms with Crippen molar-refractivity contribution in [2.75, 3.05) is 6.79 Å². The summed E-state index contributed by atoms with van der Waals surface area (Å²) in [6.45, 7) is 0.157. The van der Waals surface area contributed by atoms with Gasteiger partial charge in [0, 0.05) is 5.02 Å². The number of hydrogen-bond donors (Lipinski definition) is 1. The third-order valence-corrected chi connectivity index (χ3v) is 4.36. The fraction of sp³-hybridized carbons (Fsp3) is 0.235. The molecule has 0 aromatic heterocycles. The lowest BCUT2D eigenvalue weighted by molar-refractivity contribution is 0.0932. The smallest absolute Gasteiger partial charge is 0.255 e. The maximum absolute atomic E-state index is 12.6. The Morgan fingerprint density at radius 2 is 2.14 bits per heavy atom. The molecule has 0 fully saturated rings. The molecule has 0 radical (unpaired) electrons.